The molecule has 1 aliphatic rings. The van der Waals surface area contributed by atoms with Crippen molar-refractivity contribution in [2.24, 2.45) is 23.3 Å². The van der Waals surface area contributed by atoms with Crippen LogP contribution < -0.4 is 27.4 Å². The van der Waals surface area contributed by atoms with E-state index in [4.69, 9.17) is 11.5 Å². The Kier molecular flexibility index (Phi) is 12.9. The van der Waals surface area contributed by atoms with Crippen LogP contribution in [-0.2, 0) is 35.2 Å². The number of hydrogen-bond donors (Lipinski definition) is 7. The molecule has 15 nitrogen and oxygen atoms in total. The van der Waals surface area contributed by atoms with Gasteiger partial charge in [0, 0.05) is 24.9 Å². The molecule has 234 valence electrons. The van der Waals surface area contributed by atoms with Crippen molar-refractivity contribution in [3.05, 3.63) is 18.2 Å². The Morgan fingerprint density at radius 3 is 2.14 bits per heavy atom. The van der Waals surface area contributed by atoms with Crippen molar-refractivity contribution >= 4 is 35.5 Å². The fourth-order valence-electron chi connectivity index (χ4n) is 4.85. The Hall–Kier alpha value is -4.01. The third kappa shape index (κ3) is 10.4. The van der Waals surface area contributed by atoms with Gasteiger partial charge in [0.25, 0.3) is 0 Å². The van der Waals surface area contributed by atoms with Crippen LogP contribution in [0.25, 0.3) is 0 Å². The predicted octanol–water partition coefficient (Wildman–Crippen LogP) is -1.22. The van der Waals surface area contributed by atoms with Gasteiger partial charge in [0.2, 0.25) is 29.5 Å². The van der Waals surface area contributed by atoms with Crippen molar-refractivity contribution in [3.8, 4) is 0 Å². The smallest absolute Gasteiger partial charge is 0.326 e. The molecule has 42 heavy (non-hydrogen) atoms. The van der Waals surface area contributed by atoms with Crippen LogP contribution in [0.5, 0.6) is 0 Å². The molecule has 5 amide bonds. The summed E-state index contributed by atoms with van der Waals surface area (Å²) in [5, 5.41) is 17.5. The first-order valence-corrected chi connectivity index (χ1v) is 14.1. The zero-order chi connectivity index (χ0) is 31.6. The van der Waals surface area contributed by atoms with Gasteiger partial charge in [0.15, 0.2) is 0 Å². The molecule has 1 saturated heterocycles. The van der Waals surface area contributed by atoms with Crippen molar-refractivity contribution in [1.29, 1.82) is 0 Å². The summed E-state index contributed by atoms with van der Waals surface area (Å²) in [5.41, 5.74) is 11.5. The molecule has 1 aromatic rings. The van der Waals surface area contributed by atoms with Crippen LogP contribution in [0.4, 0.5) is 0 Å². The second-order valence-corrected chi connectivity index (χ2v) is 11.5. The molecule has 0 bridgehead atoms. The molecule has 0 aliphatic carbocycles. The van der Waals surface area contributed by atoms with Crippen molar-refractivity contribution in [2.45, 2.75) is 96.4 Å². The molecule has 9 N–H and O–H groups in total. The van der Waals surface area contributed by atoms with Gasteiger partial charge in [-0.15, -0.1) is 0 Å². The van der Waals surface area contributed by atoms with Crippen LogP contribution in [0.15, 0.2) is 12.5 Å². The summed E-state index contributed by atoms with van der Waals surface area (Å²) in [6.07, 6.45) is 3.82. The third-order valence-corrected chi connectivity index (χ3v) is 6.85. The number of nitrogens with zero attached hydrogens (tertiary/aromatic N) is 2. The van der Waals surface area contributed by atoms with E-state index < -0.39 is 65.7 Å². The molecule has 5 atom stereocenters. The van der Waals surface area contributed by atoms with E-state index in [9.17, 15) is 33.9 Å². The van der Waals surface area contributed by atoms with E-state index in [1.54, 1.807) is 0 Å². The largest absolute Gasteiger partial charge is 0.480 e. The highest BCUT2D eigenvalue weighted by atomic mass is 16.4. The highest BCUT2D eigenvalue weighted by Gasteiger charge is 2.38. The number of likely N-dealkylation sites (tertiary alicyclic amines) is 1. The number of imidazole rings is 1. The Morgan fingerprint density at radius 1 is 1.00 bits per heavy atom. The first-order valence-electron chi connectivity index (χ1n) is 14.1. The number of nitrogens with one attached hydrogen (secondary N) is 4. The van der Waals surface area contributed by atoms with E-state index in [1.807, 2.05) is 27.7 Å². The molecule has 1 aromatic heterocycles. The second kappa shape index (κ2) is 15.8. The lowest BCUT2D eigenvalue weighted by molar-refractivity contribution is -0.143. The number of hydrogen-bond acceptors (Lipinski definition) is 8. The number of aromatic amines is 1. The average Bonchev–Trinajstić information content (AvgIpc) is 3.58. The first-order chi connectivity index (χ1) is 19.7. The third-order valence-electron chi connectivity index (χ3n) is 6.85. The number of carboxylic acid groups (broad SMARTS) is 1. The molecule has 15 heteroatoms. The molecule has 0 radical (unpaired) electrons. The topological polar surface area (TPSA) is 243 Å². The van der Waals surface area contributed by atoms with E-state index in [2.05, 4.69) is 25.9 Å². The van der Waals surface area contributed by atoms with Crippen LogP contribution in [0.1, 0.15) is 65.5 Å². The van der Waals surface area contributed by atoms with Crippen molar-refractivity contribution in [2.75, 3.05) is 6.54 Å². The summed E-state index contributed by atoms with van der Waals surface area (Å²) >= 11 is 0. The van der Waals surface area contributed by atoms with Gasteiger partial charge in [-0.3, -0.25) is 24.0 Å². The molecule has 2 rings (SSSR count). The highest BCUT2D eigenvalue weighted by Crippen LogP contribution is 2.20. The number of aliphatic carboxylic acids is 1. The Labute approximate surface area is 244 Å². The van der Waals surface area contributed by atoms with Crippen molar-refractivity contribution in [3.63, 3.8) is 0 Å². The number of rotatable bonds is 16. The maximum atomic E-state index is 13.5. The monoisotopic (exact) mass is 592 g/mol. The minimum atomic E-state index is -1.19. The summed E-state index contributed by atoms with van der Waals surface area (Å²) in [4.78, 5) is 84.0. The zero-order valence-corrected chi connectivity index (χ0v) is 24.6. The van der Waals surface area contributed by atoms with E-state index in [1.165, 1.54) is 17.4 Å². The number of H-pyrrole nitrogens is 1. The van der Waals surface area contributed by atoms with Gasteiger partial charge >= 0.3 is 5.97 Å². The number of carbonyl (C=O) groups is 6. The summed E-state index contributed by atoms with van der Waals surface area (Å²) in [6, 6.07) is -5.46. The number of nitrogens with two attached hydrogens (primary N) is 2. The SMILES string of the molecule is CC(C)C[C@H](NC(=O)[C@@H](Cc1cnc[nH]1)NC(=O)[C@@H](CC(C)C)NC(=O)[C@H]1CCCN1C(=O)[C@H](N)CC(N)=O)C(=O)O. The lowest BCUT2D eigenvalue weighted by atomic mass is 10.0. The van der Waals surface area contributed by atoms with Crippen LogP contribution in [0.2, 0.25) is 0 Å². The second-order valence-electron chi connectivity index (χ2n) is 11.5. The van der Waals surface area contributed by atoms with Crippen molar-refractivity contribution in [1.82, 2.24) is 30.8 Å². The number of aromatic nitrogens is 2. The predicted molar refractivity (Wildman–Crippen MR) is 151 cm³/mol. The number of carbonyl (C=O) groups excluding carboxylic acids is 5. The molecule has 2 heterocycles. The Bertz CT molecular complexity index is 1110. The van der Waals surface area contributed by atoms with Gasteiger partial charge < -0.3 is 42.4 Å². The van der Waals surface area contributed by atoms with E-state index in [-0.39, 0.29) is 44.1 Å². The first kappa shape index (κ1) is 34.2. The molecule has 0 saturated carbocycles. The van der Waals surface area contributed by atoms with E-state index in [0.29, 0.717) is 18.5 Å². The fourth-order valence-corrected chi connectivity index (χ4v) is 4.85. The van der Waals surface area contributed by atoms with E-state index >= 15 is 0 Å². The lowest BCUT2D eigenvalue weighted by Gasteiger charge is -2.29. The summed E-state index contributed by atoms with van der Waals surface area (Å²) in [6.45, 7) is 7.64. The van der Waals surface area contributed by atoms with E-state index in [0.717, 1.165) is 0 Å². The lowest BCUT2D eigenvalue weighted by Crippen LogP contribution is -2.59. The van der Waals surface area contributed by atoms with Gasteiger partial charge in [-0.05, 0) is 37.5 Å². The van der Waals surface area contributed by atoms with Gasteiger partial charge in [-0.2, -0.15) is 0 Å². The van der Waals surface area contributed by atoms with Crippen LogP contribution in [0, 0.1) is 11.8 Å². The number of carboxylic acids is 1. The van der Waals surface area contributed by atoms with Crippen LogP contribution in [0.3, 0.4) is 0 Å². The maximum absolute atomic E-state index is 13.5. The maximum Gasteiger partial charge on any atom is 0.326 e. The Morgan fingerprint density at radius 2 is 1.60 bits per heavy atom. The summed E-state index contributed by atoms with van der Waals surface area (Å²) < 4.78 is 0. The van der Waals surface area contributed by atoms with Gasteiger partial charge in [-0.25, -0.2) is 9.78 Å². The normalized spacial score (nSPS) is 17.8. The molecule has 0 spiro atoms. The molecular weight excluding hydrogens is 548 g/mol. The minimum Gasteiger partial charge on any atom is -0.480 e. The summed E-state index contributed by atoms with van der Waals surface area (Å²) in [7, 11) is 0. The molecule has 1 aliphatic heterocycles. The molecule has 1 fully saturated rings. The zero-order valence-electron chi connectivity index (χ0n) is 24.6. The average molecular weight is 593 g/mol. The van der Waals surface area contributed by atoms with Crippen LogP contribution >= 0.6 is 0 Å². The van der Waals surface area contributed by atoms with Gasteiger partial charge in [0.05, 0.1) is 18.8 Å². The Balaban J connectivity index is 2.21. The van der Waals surface area contributed by atoms with Crippen molar-refractivity contribution < 1.29 is 33.9 Å². The van der Waals surface area contributed by atoms with Gasteiger partial charge in [-0.1, -0.05) is 27.7 Å². The quantitative estimate of drug-likeness (QED) is 0.121. The molecule has 0 unspecified atom stereocenters. The van der Waals surface area contributed by atoms with Crippen LogP contribution in [-0.4, -0.2) is 92.2 Å². The number of amides is 5. The molecule has 0 aromatic carbocycles. The fraction of sp³-hybridized carbons (Fsp3) is 0.667. The summed E-state index contributed by atoms with van der Waals surface area (Å²) in [5.74, 6) is -4.46. The highest BCUT2D eigenvalue weighted by molar-refractivity contribution is 5.96. The number of primary amides is 1. The molecular formula is C27H44N8O7. The standard InChI is InChI=1S/C27H44N8O7/c1-14(2)8-18(33-25(39)21-6-5-7-35(21)26(40)17(28)11-22(29)36)23(37)32-19(10-16-12-30-13-31-16)24(38)34-20(27(41)42)9-15(3)4/h12-15,17-21H,5-11,28H2,1-4H3,(H2,29,36)(H,30,31)(H,32,37)(H,33,39)(H,34,38)(H,41,42)/t17-,18-,19-,20+,21-/m1/s1. The van der Waals surface area contributed by atoms with Gasteiger partial charge in [0.1, 0.15) is 24.2 Å². The minimum absolute atomic E-state index is 0.00338.